The fourth-order valence-corrected chi connectivity index (χ4v) is 6.53. The van der Waals surface area contributed by atoms with E-state index in [-0.39, 0.29) is 70.2 Å². The third-order valence-corrected chi connectivity index (χ3v) is 8.48. The van der Waals surface area contributed by atoms with Gasteiger partial charge in [-0.15, -0.1) is 0 Å². The van der Waals surface area contributed by atoms with Crippen LogP contribution >= 0.6 is 35.3 Å². The Morgan fingerprint density at radius 3 is 0.970 bits per heavy atom. The Morgan fingerprint density at radius 2 is 0.788 bits per heavy atom. The van der Waals surface area contributed by atoms with Crippen molar-refractivity contribution in [1.29, 1.82) is 0 Å². The summed E-state index contributed by atoms with van der Waals surface area (Å²) < 4.78 is 0. The Bertz CT molecular complexity index is 954. The van der Waals surface area contributed by atoms with Crippen LogP contribution in [0.2, 0.25) is 0 Å². The maximum absolute atomic E-state index is 12.3. The molecule has 12 nitrogen and oxygen atoms in total. The van der Waals surface area contributed by atoms with Crippen LogP contribution in [0.25, 0.3) is 0 Å². The van der Waals surface area contributed by atoms with E-state index in [1.54, 1.807) is 0 Å². The lowest BCUT2D eigenvalue weighted by Gasteiger charge is -2.12. The molecule has 174 valence electrons. The lowest BCUT2D eigenvalue weighted by atomic mass is 10.4. The summed E-state index contributed by atoms with van der Waals surface area (Å²) in [4.78, 5) is 88.6. The summed E-state index contributed by atoms with van der Waals surface area (Å²) in [5.74, 6) is -2.05. The third-order valence-electron chi connectivity index (χ3n) is 5.34. The number of aromatic nitrogens is 3. The van der Waals surface area contributed by atoms with Crippen LogP contribution in [0.1, 0.15) is 19.3 Å². The van der Waals surface area contributed by atoms with E-state index in [4.69, 9.17) is 0 Å². The van der Waals surface area contributed by atoms with Crippen molar-refractivity contribution in [3.05, 3.63) is 0 Å². The first-order valence-electron chi connectivity index (χ1n) is 9.72. The second-order valence-electron chi connectivity index (χ2n) is 7.49. The number of amides is 6. The van der Waals surface area contributed by atoms with Gasteiger partial charge < -0.3 is 0 Å². The smallest absolute Gasteiger partial charge is 0.243 e. The maximum Gasteiger partial charge on any atom is 0.243 e. The molecule has 3 unspecified atom stereocenters. The zero-order valence-corrected chi connectivity index (χ0v) is 20.2. The molecule has 15 heteroatoms. The second-order valence-corrected chi connectivity index (χ2v) is 11.0. The quantitative estimate of drug-likeness (QED) is 0.450. The molecule has 4 rings (SSSR count). The number of hydrogen-bond donors (Lipinski definition) is 0. The van der Waals surface area contributed by atoms with Gasteiger partial charge in [-0.1, -0.05) is 35.3 Å². The van der Waals surface area contributed by atoms with Gasteiger partial charge in [-0.05, 0) is 0 Å². The van der Waals surface area contributed by atoms with E-state index in [1.807, 2.05) is 0 Å². The van der Waals surface area contributed by atoms with Crippen LogP contribution in [-0.2, 0) is 28.8 Å². The van der Waals surface area contributed by atoms with Gasteiger partial charge in [-0.3, -0.25) is 43.5 Å². The van der Waals surface area contributed by atoms with Gasteiger partial charge in [0.05, 0.1) is 0 Å². The standard InChI is InChI=1S/C18H18N6O6S3/c1-22-10(25)4-7(13(22)28)31-16-19-17(32-8-5-11(26)23(2)14(8)29)21-18(20-16)33-9-6-12(27)24(3)15(9)30/h7-9H,4-6H2,1-3H3. The fraction of sp³-hybridized carbons (Fsp3) is 0.500. The first kappa shape index (κ1) is 23.6. The van der Waals surface area contributed by atoms with Crippen molar-refractivity contribution in [3.63, 3.8) is 0 Å². The van der Waals surface area contributed by atoms with Crippen molar-refractivity contribution >= 4 is 70.7 Å². The van der Waals surface area contributed by atoms with Gasteiger partial charge in [0.2, 0.25) is 35.4 Å². The topological polar surface area (TPSA) is 151 Å². The summed E-state index contributed by atoms with van der Waals surface area (Å²) in [5.41, 5.74) is 0. The molecule has 3 aliphatic rings. The molecule has 4 heterocycles. The molecular formula is C18H18N6O6S3. The SMILES string of the molecule is CN1C(=O)CC(Sc2nc(SC3CC(=O)N(C)C3=O)nc(SC3CC(=O)N(C)C3=O)n2)C1=O. The summed E-state index contributed by atoms with van der Waals surface area (Å²) in [6.07, 6.45) is -0.00759. The van der Waals surface area contributed by atoms with E-state index < -0.39 is 15.7 Å². The summed E-state index contributed by atoms with van der Waals surface area (Å²) in [7, 11) is 4.21. The number of carbonyl (C=O) groups is 6. The first-order valence-corrected chi connectivity index (χ1v) is 12.4. The minimum absolute atomic E-state index is 0.00253. The molecular weight excluding hydrogens is 492 g/mol. The van der Waals surface area contributed by atoms with Crippen LogP contribution in [-0.4, -0.2) is 102 Å². The number of thioether (sulfide) groups is 3. The van der Waals surface area contributed by atoms with Crippen molar-refractivity contribution in [2.24, 2.45) is 0 Å². The van der Waals surface area contributed by atoms with E-state index in [2.05, 4.69) is 15.0 Å². The number of likely N-dealkylation sites (tertiary alicyclic amines) is 3. The lowest BCUT2D eigenvalue weighted by Crippen LogP contribution is -2.27. The van der Waals surface area contributed by atoms with Crippen molar-refractivity contribution in [2.75, 3.05) is 21.1 Å². The number of carbonyl (C=O) groups excluding carboxylic acids is 6. The predicted molar refractivity (Wildman–Crippen MR) is 116 cm³/mol. The molecule has 0 aromatic carbocycles. The zero-order valence-electron chi connectivity index (χ0n) is 17.7. The van der Waals surface area contributed by atoms with E-state index in [9.17, 15) is 28.8 Å². The van der Waals surface area contributed by atoms with Gasteiger partial charge in [-0.25, -0.2) is 0 Å². The highest BCUT2D eigenvalue weighted by molar-refractivity contribution is 8.01. The van der Waals surface area contributed by atoms with Crippen LogP contribution < -0.4 is 0 Å². The molecule has 3 atom stereocenters. The van der Waals surface area contributed by atoms with Gasteiger partial charge in [0.15, 0.2) is 15.5 Å². The van der Waals surface area contributed by atoms with Gasteiger partial charge >= 0.3 is 0 Å². The lowest BCUT2D eigenvalue weighted by molar-refractivity contribution is -0.138. The number of imide groups is 3. The highest BCUT2D eigenvalue weighted by Gasteiger charge is 2.40. The molecule has 0 radical (unpaired) electrons. The van der Waals surface area contributed by atoms with Crippen LogP contribution in [0.15, 0.2) is 15.5 Å². The van der Waals surface area contributed by atoms with E-state index >= 15 is 0 Å². The predicted octanol–water partition coefficient (Wildman–Crippen LogP) is -0.580. The number of nitrogens with zero attached hydrogens (tertiary/aromatic N) is 6. The van der Waals surface area contributed by atoms with Crippen molar-refractivity contribution in [2.45, 2.75) is 50.5 Å². The Balaban J connectivity index is 1.60. The van der Waals surface area contributed by atoms with E-state index in [1.165, 1.54) is 21.1 Å². The summed E-state index contributed by atoms with van der Waals surface area (Å²) >= 11 is 2.97. The number of rotatable bonds is 6. The summed E-state index contributed by atoms with van der Waals surface area (Å²) in [5, 5.41) is -1.68. The van der Waals surface area contributed by atoms with Crippen molar-refractivity contribution in [3.8, 4) is 0 Å². The average Bonchev–Trinajstić information content (AvgIpc) is 3.25. The Kier molecular flexibility index (Phi) is 6.46. The molecule has 0 bridgehead atoms. The van der Waals surface area contributed by atoms with Crippen LogP contribution in [0.5, 0.6) is 0 Å². The molecule has 3 saturated heterocycles. The van der Waals surface area contributed by atoms with E-state index in [0.29, 0.717) is 0 Å². The minimum Gasteiger partial charge on any atom is -0.285 e. The van der Waals surface area contributed by atoms with Crippen LogP contribution in [0.4, 0.5) is 0 Å². The molecule has 0 saturated carbocycles. The molecule has 6 amide bonds. The van der Waals surface area contributed by atoms with Gasteiger partial charge in [-0.2, -0.15) is 15.0 Å². The monoisotopic (exact) mass is 510 g/mol. The number of hydrogen-bond acceptors (Lipinski definition) is 12. The zero-order chi connectivity index (χ0) is 24.0. The van der Waals surface area contributed by atoms with Crippen LogP contribution in [0.3, 0.4) is 0 Å². The van der Waals surface area contributed by atoms with Crippen LogP contribution in [0, 0.1) is 0 Å². The third kappa shape index (κ3) is 4.61. The molecule has 3 fully saturated rings. The second kappa shape index (κ2) is 9.02. The van der Waals surface area contributed by atoms with E-state index in [0.717, 1.165) is 50.0 Å². The Morgan fingerprint density at radius 1 is 0.545 bits per heavy atom. The van der Waals surface area contributed by atoms with Gasteiger partial charge in [0.1, 0.15) is 15.7 Å². The highest BCUT2D eigenvalue weighted by atomic mass is 32.2. The van der Waals surface area contributed by atoms with Gasteiger partial charge in [0, 0.05) is 40.4 Å². The molecule has 0 spiro atoms. The van der Waals surface area contributed by atoms with Crippen molar-refractivity contribution < 1.29 is 28.8 Å². The van der Waals surface area contributed by atoms with Gasteiger partial charge in [0.25, 0.3) is 0 Å². The molecule has 1 aromatic heterocycles. The summed E-state index contributed by atoms with van der Waals surface area (Å²) in [6, 6.07) is 0. The Hall–Kier alpha value is -2.52. The average molecular weight is 511 g/mol. The van der Waals surface area contributed by atoms with Crippen molar-refractivity contribution in [1.82, 2.24) is 29.7 Å². The molecule has 0 N–H and O–H groups in total. The normalized spacial score (nSPS) is 25.9. The maximum atomic E-state index is 12.3. The summed E-state index contributed by atoms with van der Waals surface area (Å²) in [6.45, 7) is 0. The molecule has 3 aliphatic heterocycles. The fourth-order valence-electron chi connectivity index (χ4n) is 3.30. The molecule has 0 aliphatic carbocycles. The minimum atomic E-state index is -0.706. The first-order chi connectivity index (χ1) is 15.5. The largest absolute Gasteiger partial charge is 0.285 e. The molecule has 33 heavy (non-hydrogen) atoms. The molecule has 1 aromatic rings. The Labute approximate surface area is 200 Å². The highest BCUT2D eigenvalue weighted by Crippen LogP contribution is 2.35.